The average molecular weight is 491 g/mol. The van der Waals surface area contributed by atoms with Gasteiger partial charge in [-0.3, -0.25) is 9.69 Å². The number of rotatable bonds is 9. The Hall–Kier alpha value is -3.72. The van der Waals surface area contributed by atoms with E-state index >= 15 is 0 Å². The van der Waals surface area contributed by atoms with E-state index < -0.39 is 0 Å². The van der Waals surface area contributed by atoms with Crippen molar-refractivity contribution in [1.29, 1.82) is 0 Å². The molecule has 0 unspecified atom stereocenters. The quantitative estimate of drug-likeness (QED) is 0.370. The van der Waals surface area contributed by atoms with Crippen LogP contribution < -0.4 is 15.0 Å². The van der Waals surface area contributed by atoms with Crippen LogP contribution in [0.1, 0.15) is 57.1 Å². The minimum absolute atomic E-state index is 0.0973. The molecule has 0 bridgehead atoms. The summed E-state index contributed by atoms with van der Waals surface area (Å²) in [5.41, 5.74) is 2.08. The Morgan fingerprint density at radius 3 is 2.36 bits per heavy atom. The van der Waals surface area contributed by atoms with Crippen LogP contribution in [-0.4, -0.2) is 44.3 Å². The summed E-state index contributed by atoms with van der Waals surface area (Å²) < 4.78 is 12.7. The van der Waals surface area contributed by atoms with Gasteiger partial charge in [-0.25, -0.2) is 4.68 Å². The molecule has 0 aliphatic rings. The van der Waals surface area contributed by atoms with Gasteiger partial charge in [-0.2, -0.15) is 0 Å². The molecule has 0 aliphatic carbocycles. The second-order valence-corrected chi connectivity index (χ2v) is 9.85. The van der Waals surface area contributed by atoms with Crippen LogP contribution in [0.2, 0.25) is 0 Å². The number of benzene rings is 2. The summed E-state index contributed by atoms with van der Waals surface area (Å²) in [5.74, 6) is 1.96. The van der Waals surface area contributed by atoms with Crippen LogP contribution in [0.15, 0.2) is 53.3 Å². The number of aromatic amines is 1. The third-order valence-electron chi connectivity index (χ3n) is 6.28. The first kappa shape index (κ1) is 25.4. The summed E-state index contributed by atoms with van der Waals surface area (Å²) in [6.07, 6.45) is 0.778. The molecule has 0 saturated carbocycles. The third kappa shape index (κ3) is 5.26. The van der Waals surface area contributed by atoms with Gasteiger partial charge in [0, 0.05) is 30.1 Å². The van der Waals surface area contributed by atoms with Crippen molar-refractivity contribution in [2.24, 2.45) is 0 Å². The van der Waals surface area contributed by atoms with Crippen molar-refractivity contribution >= 4 is 10.9 Å². The number of pyridine rings is 1. The molecule has 2 aromatic carbocycles. The molecule has 9 nitrogen and oxygen atoms in total. The Kier molecular flexibility index (Phi) is 7.40. The number of aromatic nitrogens is 5. The monoisotopic (exact) mass is 490 g/mol. The normalized spacial score (nSPS) is 12.8. The van der Waals surface area contributed by atoms with Crippen LogP contribution in [-0.2, 0) is 18.6 Å². The highest BCUT2D eigenvalue weighted by Gasteiger charge is 2.29. The second kappa shape index (κ2) is 10.5. The average Bonchev–Trinajstić information content (AvgIpc) is 3.35. The molecule has 190 valence electrons. The predicted octanol–water partition coefficient (Wildman–Crippen LogP) is 4.44. The third-order valence-corrected chi connectivity index (χ3v) is 6.28. The number of H-pyrrole nitrogens is 1. The highest BCUT2D eigenvalue weighted by Crippen LogP contribution is 2.32. The zero-order valence-corrected chi connectivity index (χ0v) is 21.8. The molecule has 0 aliphatic heterocycles. The topological polar surface area (TPSA) is 98.2 Å². The largest absolute Gasteiger partial charge is 0.493 e. The molecule has 1 N–H and O–H groups in total. The van der Waals surface area contributed by atoms with Crippen molar-refractivity contribution < 1.29 is 9.47 Å². The zero-order valence-electron chi connectivity index (χ0n) is 21.8. The van der Waals surface area contributed by atoms with Gasteiger partial charge < -0.3 is 14.5 Å². The molecule has 4 rings (SSSR count). The lowest BCUT2D eigenvalue weighted by molar-refractivity contribution is 0.153. The standard InChI is InChI=1S/C27H34N6O3/c1-7-22(25-29-30-31-33(25)27(2,3)4)32(16-18-11-9-8-10-12-18)17-20-13-19-14-23(35-5)24(36-6)15-21(19)28-26(20)34/h8-15,22H,7,16-17H2,1-6H3,(H,28,34)/t22-/m1/s1. The van der Waals surface area contributed by atoms with E-state index in [1.807, 2.05) is 35.0 Å². The highest BCUT2D eigenvalue weighted by molar-refractivity contribution is 5.83. The second-order valence-electron chi connectivity index (χ2n) is 9.85. The maximum absolute atomic E-state index is 13.2. The minimum atomic E-state index is -0.277. The summed E-state index contributed by atoms with van der Waals surface area (Å²) in [7, 11) is 3.18. The number of methoxy groups -OCH3 is 2. The van der Waals surface area contributed by atoms with E-state index in [1.165, 1.54) is 0 Å². The summed E-state index contributed by atoms with van der Waals surface area (Å²) in [6.45, 7) is 9.42. The molecule has 1 atom stereocenters. The molecule has 9 heteroatoms. The first-order chi connectivity index (χ1) is 17.2. The minimum Gasteiger partial charge on any atom is -0.493 e. The summed E-state index contributed by atoms with van der Waals surface area (Å²) >= 11 is 0. The first-order valence-corrected chi connectivity index (χ1v) is 12.1. The molecule has 36 heavy (non-hydrogen) atoms. The van der Waals surface area contributed by atoms with Crippen LogP contribution in [0, 0.1) is 0 Å². The van der Waals surface area contributed by atoms with Crippen molar-refractivity contribution in [2.75, 3.05) is 14.2 Å². The maximum atomic E-state index is 13.2. The van der Waals surface area contributed by atoms with E-state index in [2.05, 4.69) is 65.2 Å². The molecule has 2 heterocycles. The summed E-state index contributed by atoms with van der Waals surface area (Å²) in [5, 5.41) is 13.6. The van der Waals surface area contributed by atoms with Gasteiger partial charge >= 0.3 is 0 Å². The molecule has 4 aromatic rings. The van der Waals surface area contributed by atoms with Crippen molar-refractivity contribution in [3.63, 3.8) is 0 Å². The van der Waals surface area contributed by atoms with E-state index in [-0.39, 0.29) is 17.1 Å². The lowest BCUT2D eigenvalue weighted by atomic mass is 10.0. The summed E-state index contributed by atoms with van der Waals surface area (Å²) in [6, 6.07) is 15.7. The summed E-state index contributed by atoms with van der Waals surface area (Å²) in [4.78, 5) is 18.5. The Morgan fingerprint density at radius 1 is 1.03 bits per heavy atom. The smallest absolute Gasteiger partial charge is 0.252 e. The Bertz CT molecular complexity index is 1370. The van der Waals surface area contributed by atoms with E-state index in [4.69, 9.17) is 9.47 Å². The van der Waals surface area contributed by atoms with Crippen LogP contribution in [0.25, 0.3) is 10.9 Å². The number of fused-ring (bicyclic) bond motifs is 1. The first-order valence-electron chi connectivity index (χ1n) is 12.1. The fraction of sp³-hybridized carbons (Fsp3) is 0.407. The number of nitrogens with one attached hydrogen (secondary N) is 1. The number of hydrogen-bond donors (Lipinski definition) is 1. The molecule has 0 fully saturated rings. The van der Waals surface area contributed by atoms with Gasteiger partial charge in [-0.15, -0.1) is 5.10 Å². The zero-order chi connectivity index (χ0) is 25.9. The van der Waals surface area contributed by atoms with E-state index in [1.54, 1.807) is 20.3 Å². The fourth-order valence-electron chi connectivity index (χ4n) is 4.49. The van der Waals surface area contributed by atoms with E-state index in [0.717, 1.165) is 23.2 Å². The van der Waals surface area contributed by atoms with Crippen molar-refractivity contribution in [1.82, 2.24) is 30.1 Å². The van der Waals surface area contributed by atoms with E-state index in [0.29, 0.717) is 35.7 Å². The number of ether oxygens (including phenoxy) is 2. The van der Waals surface area contributed by atoms with Gasteiger partial charge in [0.15, 0.2) is 17.3 Å². The van der Waals surface area contributed by atoms with Crippen LogP contribution in [0.3, 0.4) is 0 Å². The molecule has 0 amide bonds. The number of hydrogen-bond acceptors (Lipinski definition) is 7. The molecule has 2 aromatic heterocycles. The maximum Gasteiger partial charge on any atom is 0.252 e. The van der Waals surface area contributed by atoms with Gasteiger partial charge in [0.2, 0.25) is 0 Å². The van der Waals surface area contributed by atoms with E-state index in [9.17, 15) is 4.79 Å². The lowest BCUT2D eigenvalue weighted by Gasteiger charge is -2.32. The molecule has 0 spiro atoms. The fourth-order valence-corrected chi connectivity index (χ4v) is 4.49. The van der Waals surface area contributed by atoms with Crippen LogP contribution >= 0.6 is 0 Å². The highest BCUT2D eigenvalue weighted by atomic mass is 16.5. The SMILES string of the molecule is CC[C@H](c1nnnn1C(C)(C)C)N(Cc1ccccc1)Cc1cc2cc(OC)c(OC)cc2[nH]c1=O. The van der Waals surface area contributed by atoms with Gasteiger partial charge in [0.05, 0.1) is 31.3 Å². The number of tetrazole rings is 1. The van der Waals surface area contributed by atoms with Crippen LogP contribution in [0.4, 0.5) is 0 Å². The van der Waals surface area contributed by atoms with Gasteiger partial charge in [0.25, 0.3) is 5.56 Å². The molecular formula is C27H34N6O3. The van der Waals surface area contributed by atoms with Gasteiger partial charge in [-0.05, 0) is 55.3 Å². The van der Waals surface area contributed by atoms with Gasteiger partial charge in [-0.1, -0.05) is 37.3 Å². The van der Waals surface area contributed by atoms with Crippen molar-refractivity contribution in [2.45, 2.75) is 58.8 Å². The van der Waals surface area contributed by atoms with Crippen molar-refractivity contribution in [3.8, 4) is 11.5 Å². The molecule has 0 radical (unpaired) electrons. The van der Waals surface area contributed by atoms with Crippen molar-refractivity contribution in [3.05, 3.63) is 75.8 Å². The molecule has 0 saturated heterocycles. The van der Waals surface area contributed by atoms with Gasteiger partial charge in [0.1, 0.15) is 0 Å². The lowest BCUT2D eigenvalue weighted by Crippen LogP contribution is -2.35. The molecular weight excluding hydrogens is 456 g/mol. The van der Waals surface area contributed by atoms with Crippen LogP contribution in [0.5, 0.6) is 11.5 Å². The number of nitrogens with zero attached hydrogens (tertiary/aromatic N) is 5. The predicted molar refractivity (Wildman–Crippen MR) is 139 cm³/mol. The Balaban J connectivity index is 1.78. The Labute approximate surface area is 211 Å². The Morgan fingerprint density at radius 2 is 1.72 bits per heavy atom.